The quantitative estimate of drug-likeness (QED) is 0.521. The Balaban J connectivity index is 2.22. The molecule has 1 nitrogen and oxygen atoms in total. The van der Waals surface area contributed by atoms with Gasteiger partial charge in [-0.05, 0) is 37.0 Å². The largest absolute Gasteiger partial charge is 0.300 e. The van der Waals surface area contributed by atoms with Crippen LogP contribution >= 0.6 is 0 Å². The molecular formula is C12H18O. The number of hydrogen-bond donors (Lipinski definition) is 0. The van der Waals surface area contributed by atoms with Gasteiger partial charge in [-0.1, -0.05) is 19.1 Å². The van der Waals surface area contributed by atoms with E-state index < -0.39 is 0 Å². The lowest BCUT2D eigenvalue weighted by Crippen LogP contribution is -2.21. The standard InChI is InChI=1S/C12H18O/c1-9-3-4-10-5-6-11(13)7-8-12(9,10)2/h10H,1,3-8H2,2H3. The molecule has 0 aromatic rings. The van der Waals surface area contributed by atoms with Crippen LogP contribution in [0.2, 0.25) is 0 Å². The van der Waals surface area contributed by atoms with E-state index >= 15 is 0 Å². The highest BCUT2D eigenvalue weighted by Crippen LogP contribution is 2.52. The van der Waals surface area contributed by atoms with Gasteiger partial charge in [-0.2, -0.15) is 0 Å². The lowest BCUT2D eigenvalue weighted by Gasteiger charge is -2.30. The maximum atomic E-state index is 11.3. The minimum atomic E-state index is 0.298. The van der Waals surface area contributed by atoms with Gasteiger partial charge in [0, 0.05) is 12.8 Å². The Morgan fingerprint density at radius 1 is 1.31 bits per heavy atom. The van der Waals surface area contributed by atoms with Crippen LogP contribution in [0.1, 0.15) is 45.4 Å². The van der Waals surface area contributed by atoms with Gasteiger partial charge in [0.1, 0.15) is 5.78 Å². The van der Waals surface area contributed by atoms with Gasteiger partial charge in [-0.15, -0.1) is 0 Å². The zero-order valence-electron chi connectivity index (χ0n) is 8.44. The molecule has 0 heterocycles. The molecule has 2 fully saturated rings. The number of allylic oxidation sites excluding steroid dienone is 1. The second-order valence-electron chi connectivity index (χ2n) is 4.83. The van der Waals surface area contributed by atoms with Crippen molar-refractivity contribution in [3.8, 4) is 0 Å². The van der Waals surface area contributed by atoms with Crippen LogP contribution in [0.3, 0.4) is 0 Å². The summed E-state index contributed by atoms with van der Waals surface area (Å²) in [7, 11) is 0. The van der Waals surface area contributed by atoms with Crippen molar-refractivity contribution < 1.29 is 4.79 Å². The molecule has 0 amide bonds. The first kappa shape index (κ1) is 8.98. The van der Waals surface area contributed by atoms with E-state index in [0.29, 0.717) is 11.2 Å². The monoisotopic (exact) mass is 178 g/mol. The Morgan fingerprint density at radius 3 is 2.77 bits per heavy atom. The molecule has 0 bridgehead atoms. The Labute approximate surface area is 80.2 Å². The first-order chi connectivity index (χ1) is 6.13. The van der Waals surface area contributed by atoms with Crippen molar-refractivity contribution >= 4 is 5.78 Å². The van der Waals surface area contributed by atoms with E-state index in [-0.39, 0.29) is 0 Å². The summed E-state index contributed by atoms with van der Waals surface area (Å²) >= 11 is 0. The third-order valence-electron chi connectivity index (χ3n) is 4.20. The second kappa shape index (κ2) is 2.97. The molecule has 0 saturated heterocycles. The summed E-state index contributed by atoms with van der Waals surface area (Å²) in [6.07, 6.45) is 6.21. The fourth-order valence-corrected chi connectivity index (χ4v) is 2.94. The molecule has 2 atom stereocenters. The number of carbonyl (C=O) groups excluding carboxylic acids is 1. The molecule has 0 aliphatic heterocycles. The van der Waals surface area contributed by atoms with E-state index in [1.807, 2.05) is 0 Å². The minimum absolute atomic E-state index is 0.298. The third-order valence-corrected chi connectivity index (χ3v) is 4.20. The van der Waals surface area contributed by atoms with Crippen LogP contribution in [-0.4, -0.2) is 5.78 Å². The summed E-state index contributed by atoms with van der Waals surface area (Å²) in [6, 6.07) is 0. The van der Waals surface area contributed by atoms with E-state index in [9.17, 15) is 4.79 Å². The Bertz CT molecular complexity index is 254. The summed E-state index contributed by atoms with van der Waals surface area (Å²) in [6.45, 7) is 6.48. The predicted molar refractivity (Wildman–Crippen MR) is 53.4 cm³/mol. The van der Waals surface area contributed by atoms with Gasteiger partial charge in [-0.25, -0.2) is 0 Å². The molecular weight excluding hydrogens is 160 g/mol. The van der Waals surface area contributed by atoms with Crippen LogP contribution in [0.15, 0.2) is 12.2 Å². The highest BCUT2D eigenvalue weighted by molar-refractivity contribution is 5.78. The smallest absolute Gasteiger partial charge is 0.132 e. The summed E-state index contributed by atoms with van der Waals surface area (Å²) in [5.41, 5.74) is 1.69. The van der Waals surface area contributed by atoms with Crippen LogP contribution in [-0.2, 0) is 4.79 Å². The minimum Gasteiger partial charge on any atom is -0.300 e. The molecule has 0 spiro atoms. The first-order valence-corrected chi connectivity index (χ1v) is 5.33. The van der Waals surface area contributed by atoms with E-state index in [1.54, 1.807) is 0 Å². The van der Waals surface area contributed by atoms with Crippen LogP contribution in [0.5, 0.6) is 0 Å². The Morgan fingerprint density at radius 2 is 2.00 bits per heavy atom. The second-order valence-corrected chi connectivity index (χ2v) is 4.83. The lowest BCUT2D eigenvalue weighted by atomic mass is 9.74. The van der Waals surface area contributed by atoms with Gasteiger partial charge in [0.15, 0.2) is 0 Å². The lowest BCUT2D eigenvalue weighted by molar-refractivity contribution is -0.119. The van der Waals surface area contributed by atoms with Gasteiger partial charge >= 0.3 is 0 Å². The summed E-state index contributed by atoms with van der Waals surface area (Å²) in [5, 5.41) is 0. The number of fused-ring (bicyclic) bond motifs is 1. The molecule has 0 aromatic heterocycles. The number of Topliss-reactive ketones (excluding diaryl/α,β-unsaturated/α-hetero) is 1. The van der Waals surface area contributed by atoms with Crippen molar-refractivity contribution in [3.05, 3.63) is 12.2 Å². The van der Waals surface area contributed by atoms with Gasteiger partial charge in [-0.3, -0.25) is 4.79 Å². The third kappa shape index (κ3) is 1.34. The average Bonchev–Trinajstić information content (AvgIpc) is 2.28. The maximum Gasteiger partial charge on any atom is 0.132 e. The fourth-order valence-electron chi connectivity index (χ4n) is 2.94. The van der Waals surface area contributed by atoms with Crippen LogP contribution in [0.4, 0.5) is 0 Å². The number of ketones is 1. The van der Waals surface area contributed by atoms with Crippen molar-refractivity contribution in [1.29, 1.82) is 0 Å². The zero-order chi connectivity index (χ0) is 9.47. The van der Waals surface area contributed by atoms with Crippen molar-refractivity contribution in [2.24, 2.45) is 11.3 Å². The molecule has 72 valence electrons. The van der Waals surface area contributed by atoms with E-state index in [4.69, 9.17) is 0 Å². The summed E-state index contributed by atoms with van der Waals surface area (Å²) < 4.78 is 0. The van der Waals surface area contributed by atoms with Crippen LogP contribution in [0, 0.1) is 11.3 Å². The number of rotatable bonds is 0. The normalized spacial score (nSPS) is 40.2. The van der Waals surface area contributed by atoms with Gasteiger partial charge in [0.2, 0.25) is 0 Å². The topological polar surface area (TPSA) is 17.1 Å². The molecule has 0 aromatic carbocycles. The van der Waals surface area contributed by atoms with E-state index in [2.05, 4.69) is 13.5 Å². The van der Waals surface area contributed by atoms with Crippen LogP contribution in [0.25, 0.3) is 0 Å². The molecule has 1 heteroatoms. The fraction of sp³-hybridized carbons (Fsp3) is 0.750. The van der Waals surface area contributed by atoms with Crippen molar-refractivity contribution in [2.45, 2.75) is 45.4 Å². The highest BCUT2D eigenvalue weighted by Gasteiger charge is 2.42. The Hall–Kier alpha value is -0.590. The molecule has 2 saturated carbocycles. The molecule has 2 aliphatic rings. The van der Waals surface area contributed by atoms with Crippen molar-refractivity contribution in [2.75, 3.05) is 0 Å². The number of carbonyl (C=O) groups is 1. The molecule has 0 N–H and O–H groups in total. The molecule has 2 rings (SSSR count). The molecule has 2 unspecified atom stereocenters. The van der Waals surface area contributed by atoms with Crippen molar-refractivity contribution in [3.63, 3.8) is 0 Å². The zero-order valence-corrected chi connectivity index (χ0v) is 8.44. The van der Waals surface area contributed by atoms with E-state index in [0.717, 1.165) is 31.6 Å². The van der Waals surface area contributed by atoms with Gasteiger partial charge < -0.3 is 0 Å². The predicted octanol–water partition coefficient (Wildman–Crippen LogP) is 3.10. The first-order valence-electron chi connectivity index (χ1n) is 5.33. The molecule has 13 heavy (non-hydrogen) atoms. The summed E-state index contributed by atoms with van der Waals surface area (Å²) in [5.74, 6) is 1.20. The SMILES string of the molecule is C=C1CCC2CCC(=O)CCC12C. The Kier molecular flexibility index (Phi) is 2.05. The van der Waals surface area contributed by atoms with Gasteiger partial charge in [0.25, 0.3) is 0 Å². The van der Waals surface area contributed by atoms with E-state index in [1.165, 1.54) is 18.4 Å². The molecule has 2 aliphatic carbocycles. The van der Waals surface area contributed by atoms with Crippen molar-refractivity contribution in [1.82, 2.24) is 0 Å². The maximum absolute atomic E-state index is 11.3. The van der Waals surface area contributed by atoms with Gasteiger partial charge in [0.05, 0.1) is 0 Å². The summed E-state index contributed by atoms with van der Waals surface area (Å²) in [4.78, 5) is 11.3. The number of hydrogen-bond acceptors (Lipinski definition) is 1. The molecule has 0 radical (unpaired) electrons. The average molecular weight is 178 g/mol. The highest BCUT2D eigenvalue weighted by atomic mass is 16.1. The van der Waals surface area contributed by atoms with Crippen LogP contribution < -0.4 is 0 Å².